The zero-order valence-corrected chi connectivity index (χ0v) is 33.4. The molecule has 10 aromatic rings. The van der Waals surface area contributed by atoms with Gasteiger partial charge in [-0.15, -0.1) is 22.7 Å². The summed E-state index contributed by atoms with van der Waals surface area (Å²) >= 11 is 0. The van der Waals surface area contributed by atoms with Crippen LogP contribution in [0.25, 0.3) is 75.8 Å². The fourth-order valence-corrected chi connectivity index (χ4v) is 7.34. The van der Waals surface area contributed by atoms with E-state index in [-0.39, 0.29) is 39.3 Å². The number of carbonyl (C=O) groups is 4. The third kappa shape index (κ3) is 7.95. The molecule has 0 unspecified atom stereocenters. The number of aromatic nitrogens is 4. The van der Waals surface area contributed by atoms with Crippen molar-refractivity contribution in [3.63, 3.8) is 0 Å². The summed E-state index contributed by atoms with van der Waals surface area (Å²) in [5.41, 5.74) is 3.65. The molecular weight excluding hydrogens is 844 g/mol. The van der Waals surface area contributed by atoms with Crippen LogP contribution in [0.1, 0.15) is 41.4 Å². The molecular formula is C48H28FeN6O8. The number of hydrogen-bond donors (Lipinski definition) is 4. The van der Waals surface area contributed by atoms with Crippen LogP contribution in [-0.2, 0) is 17.1 Å². The van der Waals surface area contributed by atoms with E-state index in [1.54, 1.807) is 61.2 Å². The van der Waals surface area contributed by atoms with E-state index in [0.717, 1.165) is 21.5 Å². The largest absolute Gasteiger partial charge is 2.00 e. The zero-order chi connectivity index (χ0) is 43.1. The third-order valence-electron chi connectivity index (χ3n) is 10.2. The van der Waals surface area contributed by atoms with Crippen LogP contribution in [0, 0.1) is 0 Å². The minimum absolute atomic E-state index is 0. The number of rotatable bonds is 8. The molecule has 4 heterocycles. The smallest absolute Gasteiger partial charge is 0.654 e. The zero-order valence-electron chi connectivity index (χ0n) is 32.3. The van der Waals surface area contributed by atoms with Gasteiger partial charge in [0.1, 0.15) is 0 Å². The van der Waals surface area contributed by atoms with Gasteiger partial charge < -0.3 is 31.1 Å². The molecule has 4 N–H and O–H groups in total. The maximum Gasteiger partial charge on any atom is 2.00 e. The van der Waals surface area contributed by atoms with Gasteiger partial charge in [-0.05, 0) is 57.9 Å². The van der Waals surface area contributed by atoms with E-state index >= 15 is 0 Å². The van der Waals surface area contributed by atoms with Crippen molar-refractivity contribution in [2.75, 3.05) is 0 Å². The van der Waals surface area contributed by atoms with Crippen LogP contribution < -0.4 is 0 Å². The molecule has 0 spiro atoms. The molecule has 0 fully saturated rings. The van der Waals surface area contributed by atoms with E-state index in [4.69, 9.17) is 0 Å². The van der Waals surface area contributed by atoms with E-state index < -0.39 is 23.9 Å². The van der Waals surface area contributed by atoms with Crippen molar-refractivity contribution in [2.24, 2.45) is 0 Å². The SMILES string of the molecule is O=C(O)c1cc([N-]c2cc(C(=O)O)cc3c2ncc2ccccc23)c2ncccc2c1.O=C(O)c1cc([N-]c2cc(C(=O)O)cc3c2ncc2ccccc23)c2ncccc2c1.[Fe+2]. The monoisotopic (exact) mass is 872 g/mol. The Balaban J connectivity index is 0.000000170. The number of pyridine rings is 4. The number of aromatic carboxylic acids is 4. The first kappa shape index (κ1) is 41.2. The molecule has 306 valence electrons. The number of fused-ring (bicyclic) bond motifs is 8. The summed E-state index contributed by atoms with van der Waals surface area (Å²) in [5, 5.41) is 53.6. The van der Waals surface area contributed by atoms with Gasteiger partial charge in [-0.25, -0.2) is 19.2 Å². The average molecular weight is 873 g/mol. The topological polar surface area (TPSA) is 229 Å². The third-order valence-corrected chi connectivity index (χ3v) is 10.2. The van der Waals surface area contributed by atoms with Crippen LogP contribution in [0.4, 0.5) is 22.7 Å². The number of benzene rings is 6. The maximum atomic E-state index is 11.8. The molecule has 6 aromatic carbocycles. The average Bonchev–Trinajstić information content (AvgIpc) is 3.28. The Morgan fingerprint density at radius 2 is 0.698 bits per heavy atom. The van der Waals surface area contributed by atoms with Gasteiger partial charge in [-0.3, -0.25) is 19.9 Å². The van der Waals surface area contributed by atoms with Crippen molar-refractivity contribution in [2.45, 2.75) is 0 Å². The summed E-state index contributed by atoms with van der Waals surface area (Å²) in [6, 6.07) is 34.0. The summed E-state index contributed by atoms with van der Waals surface area (Å²) in [6.07, 6.45) is 6.61. The van der Waals surface area contributed by atoms with E-state index in [1.807, 2.05) is 48.5 Å². The summed E-state index contributed by atoms with van der Waals surface area (Å²) < 4.78 is 0. The van der Waals surface area contributed by atoms with Crippen LogP contribution >= 0.6 is 0 Å². The van der Waals surface area contributed by atoms with Crippen LogP contribution in [0.15, 0.2) is 146 Å². The minimum atomic E-state index is -1.09. The first-order valence-electron chi connectivity index (χ1n) is 18.8. The van der Waals surface area contributed by atoms with Crippen molar-refractivity contribution in [1.82, 2.24) is 19.9 Å². The van der Waals surface area contributed by atoms with Crippen molar-refractivity contribution < 1.29 is 56.7 Å². The summed E-state index contributed by atoms with van der Waals surface area (Å²) in [4.78, 5) is 64.5. The number of carboxylic acids is 4. The van der Waals surface area contributed by atoms with Gasteiger partial charge in [0.25, 0.3) is 0 Å². The molecule has 15 heteroatoms. The molecule has 0 bridgehead atoms. The normalized spacial score (nSPS) is 10.9. The van der Waals surface area contributed by atoms with Crippen molar-refractivity contribution in [1.29, 1.82) is 0 Å². The quantitative estimate of drug-likeness (QED) is 0.0825. The molecule has 0 aliphatic heterocycles. The van der Waals surface area contributed by atoms with Gasteiger partial charge in [-0.1, -0.05) is 84.9 Å². The molecule has 0 saturated carbocycles. The fourth-order valence-electron chi connectivity index (χ4n) is 7.34. The molecule has 14 nitrogen and oxygen atoms in total. The van der Waals surface area contributed by atoms with Crippen LogP contribution in [0.2, 0.25) is 0 Å². The summed E-state index contributed by atoms with van der Waals surface area (Å²) in [7, 11) is 0. The Bertz CT molecular complexity index is 3300. The van der Waals surface area contributed by atoms with Crippen LogP contribution in [0.3, 0.4) is 0 Å². The second-order valence-corrected chi connectivity index (χ2v) is 14.1. The van der Waals surface area contributed by atoms with Crippen LogP contribution in [-0.4, -0.2) is 64.2 Å². The van der Waals surface area contributed by atoms with Gasteiger partial charge in [0.15, 0.2) is 0 Å². The Morgan fingerprint density at radius 3 is 1.08 bits per heavy atom. The molecule has 0 aliphatic carbocycles. The van der Waals surface area contributed by atoms with Crippen LogP contribution in [0.5, 0.6) is 0 Å². The first-order valence-corrected chi connectivity index (χ1v) is 18.8. The minimum Gasteiger partial charge on any atom is -0.654 e. The maximum absolute atomic E-state index is 11.8. The number of carboxylic acid groups (broad SMARTS) is 4. The van der Waals surface area contributed by atoms with Gasteiger partial charge in [-0.2, -0.15) is 0 Å². The predicted octanol–water partition coefficient (Wildman–Crippen LogP) is 11.3. The number of hydrogen-bond acceptors (Lipinski definition) is 8. The van der Waals surface area contributed by atoms with Gasteiger partial charge in [0, 0.05) is 46.3 Å². The van der Waals surface area contributed by atoms with Gasteiger partial charge >= 0.3 is 40.9 Å². The standard InChI is InChI=1S/2C24H14N3O4.Fe/c2*28-23(29)15-8-13-5-3-7-25-21(13)19(10-15)27-20-11-16(24(30)31)9-18-17-6-2-1-4-14(17)12-26-22(18)20;/h2*1-12H,(H,28,29)(H,30,31);/q2*-1;+2. The first-order chi connectivity index (χ1) is 30.0. The Morgan fingerprint density at radius 1 is 0.365 bits per heavy atom. The Hall–Kier alpha value is -8.52. The van der Waals surface area contributed by atoms with E-state index in [0.29, 0.717) is 66.4 Å². The molecule has 0 amide bonds. The fraction of sp³-hybridized carbons (Fsp3) is 0. The van der Waals surface area contributed by atoms with E-state index in [2.05, 4.69) is 30.6 Å². The van der Waals surface area contributed by atoms with Gasteiger partial charge in [0.2, 0.25) is 0 Å². The number of nitrogens with zero attached hydrogens (tertiary/aromatic N) is 6. The van der Waals surface area contributed by atoms with Crippen molar-refractivity contribution in [3.8, 4) is 0 Å². The Kier molecular flexibility index (Phi) is 11.0. The second kappa shape index (κ2) is 16.9. The molecule has 0 aliphatic rings. The van der Waals surface area contributed by atoms with Gasteiger partial charge in [0.05, 0.1) is 44.3 Å². The van der Waals surface area contributed by atoms with E-state index in [1.165, 1.54) is 36.4 Å². The van der Waals surface area contributed by atoms with Crippen molar-refractivity contribution >= 4 is 112 Å². The summed E-state index contributed by atoms with van der Waals surface area (Å²) in [5.74, 6) is -4.35. The molecule has 0 saturated heterocycles. The molecule has 10 rings (SSSR count). The molecule has 4 aromatic heterocycles. The van der Waals surface area contributed by atoms with E-state index in [9.17, 15) is 39.6 Å². The Labute approximate surface area is 366 Å². The van der Waals surface area contributed by atoms with Crippen molar-refractivity contribution in [3.05, 3.63) is 179 Å². The second-order valence-electron chi connectivity index (χ2n) is 14.1. The molecule has 0 radical (unpaired) electrons. The summed E-state index contributed by atoms with van der Waals surface area (Å²) in [6.45, 7) is 0. The predicted molar refractivity (Wildman–Crippen MR) is 235 cm³/mol. The molecule has 63 heavy (non-hydrogen) atoms. The molecule has 0 atom stereocenters.